The smallest absolute Gasteiger partial charge is 0.262 e. The van der Waals surface area contributed by atoms with Crippen molar-refractivity contribution in [1.29, 1.82) is 0 Å². The van der Waals surface area contributed by atoms with Crippen LogP contribution in [0.4, 0.5) is 15.8 Å². The highest BCUT2D eigenvalue weighted by Gasteiger charge is 2.18. The predicted molar refractivity (Wildman–Crippen MR) is 132 cm³/mol. The molecule has 9 nitrogen and oxygen atoms in total. The number of sulfonamides is 1. The van der Waals surface area contributed by atoms with E-state index in [2.05, 4.69) is 20.2 Å². The summed E-state index contributed by atoms with van der Waals surface area (Å²) in [5.74, 6) is -0.0826. The van der Waals surface area contributed by atoms with Gasteiger partial charge in [0.15, 0.2) is 0 Å². The number of nitrogens with two attached hydrogens (primary N) is 1. The molecule has 0 saturated carbocycles. The average molecular weight is 500 g/mol. The number of hydrogen-bond acceptors (Lipinski definition) is 7. The Kier molecular flexibility index (Phi) is 7.20. The lowest BCUT2D eigenvalue weighted by atomic mass is 10.1. The van der Waals surface area contributed by atoms with Crippen LogP contribution >= 0.6 is 0 Å². The van der Waals surface area contributed by atoms with Crippen LogP contribution in [0, 0.1) is 12.7 Å². The number of aromatic nitrogens is 2. The fourth-order valence-corrected chi connectivity index (χ4v) is 4.64. The number of hydrogen-bond donors (Lipinski definition) is 5. The maximum absolute atomic E-state index is 14.3. The molecule has 35 heavy (non-hydrogen) atoms. The van der Waals surface area contributed by atoms with E-state index in [0.717, 1.165) is 22.7 Å². The first-order valence-electron chi connectivity index (χ1n) is 10.9. The van der Waals surface area contributed by atoms with E-state index in [1.165, 1.54) is 30.3 Å². The minimum absolute atomic E-state index is 0.0916. The number of rotatable bonds is 10. The highest BCUT2D eigenvalue weighted by Crippen LogP contribution is 2.25. The van der Waals surface area contributed by atoms with Gasteiger partial charge in [0.1, 0.15) is 18.2 Å². The molecule has 0 bridgehead atoms. The molecule has 0 spiro atoms. The number of benzene rings is 3. The fourth-order valence-electron chi connectivity index (χ4n) is 3.53. The van der Waals surface area contributed by atoms with Gasteiger partial charge in [-0.3, -0.25) is 9.82 Å². The van der Waals surface area contributed by atoms with E-state index in [1.807, 2.05) is 25.1 Å². The van der Waals surface area contributed by atoms with Gasteiger partial charge in [0.2, 0.25) is 0 Å². The van der Waals surface area contributed by atoms with Crippen LogP contribution in [0.2, 0.25) is 0 Å². The number of H-pyrrole nitrogens is 1. The molecule has 1 aromatic heterocycles. The lowest BCUT2D eigenvalue weighted by molar-refractivity contribution is 0.172. The average Bonchev–Trinajstić information content (AvgIpc) is 3.20. The Morgan fingerprint density at radius 3 is 2.80 bits per heavy atom. The van der Waals surface area contributed by atoms with Gasteiger partial charge in [-0.05, 0) is 55.0 Å². The van der Waals surface area contributed by atoms with Gasteiger partial charge in [0.05, 0.1) is 22.2 Å². The zero-order valence-electron chi connectivity index (χ0n) is 19.0. The molecule has 4 rings (SSSR count). The number of nitrogens with zero attached hydrogens (tertiary/aromatic N) is 1. The summed E-state index contributed by atoms with van der Waals surface area (Å²) in [7, 11) is -4.05. The third-order valence-corrected chi connectivity index (χ3v) is 6.75. The Balaban J connectivity index is 1.31. The van der Waals surface area contributed by atoms with Crippen molar-refractivity contribution in [3.63, 3.8) is 0 Å². The zero-order valence-corrected chi connectivity index (χ0v) is 19.8. The molecule has 0 aliphatic rings. The summed E-state index contributed by atoms with van der Waals surface area (Å²) < 4.78 is 47.4. The zero-order chi connectivity index (χ0) is 25.0. The molecular formula is C24H26FN5O4S. The molecule has 0 saturated heterocycles. The molecule has 0 aliphatic carbocycles. The number of fused-ring (bicyclic) bond motifs is 1. The summed E-state index contributed by atoms with van der Waals surface area (Å²) in [6, 6.07) is 15.1. The molecule has 4 aromatic rings. The number of halogens is 1. The monoisotopic (exact) mass is 499 g/mol. The van der Waals surface area contributed by atoms with Crippen molar-refractivity contribution in [1.82, 2.24) is 15.5 Å². The van der Waals surface area contributed by atoms with Gasteiger partial charge in [0, 0.05) is 35.9 Å². The van der Waals surface area contributed by atoms with Crippen LogP contribution in [-0.2, 0) is 10.0 Å². The minimum atomic E-state index is -4.05. The van der Waals surface area contributed by atoms with Crippen molar-refractivity contribution in [2.24, 2.45) is 0 Å². The Morgan fingerprint density at radius 2 is 2.00 bits per heavy atom. The first-order chi connectivity index (χ1) is 16.7. The molecule has 3 aromatic carbocycles. The third kappa shape index (κ3) is 5.88. The van der Waals surface area contributed by atoms with E-state index in [-0.39, 0.29) is 22.8 Å². The van der Waals surface area contributed by atoms with Crippen LogP contribution in [0.3, 0.4) is 0 Å². The normalized spacial score (nSPS) is 12.5. The largest absolute Gasteiger partial charge is 0.492 e. The van der Waals surface area contributed by atoms with Crippen LogP contribution in [0.5, 0.6) is 5.75 Å². The number of anilines is 2. The highest BCUT2D eigenvalue weighted by atomic mass is 32.2. The van der Waals surface area contributed by atoms with Gasteiger partial charge in [-0.1, -0.05) is 12.1 Å². The summed E-state index contributed by atoms with van der Waals surface area (Å²) in [5.41, 5.74) is 7.81. The SMILES string of the molecule is Cc1[nH]nc2cc(OCCNC[C@H](O)c3ccc(F)c(NS(=O)(=O)c4cccc(N)c4)c3)ccc12. The van der Waals surface area contributed by atoms with Crippen molar-refractivity contribution in [3.05, 3.63) is 77.7 Å². The summed E-state index contributed by atoms with van der Waals surface area (Å²) in [6.07, 6.45) is -0.991. The Bertz CT molecular complexity index is 1440. The lowest BCUT2D eigenvalue weighted by Gasteiger charge is -2.15. The number of aromatic amines is 1. The number of ether oxygens (including phenoxy) is 1. The summed E-state index contributed by atoms with van der Waals surface area (Å²) in [4.78, 5) is -0.0916. The van der Waals surface area contributed by atoms with Crippen molar-refractivity contribution in [2.75, 3.05) is 30.2 Å². The number of aliphatic hydroxyl groups excluding tert-OH is 1. The number of nitrogen functional groups attached to an aromatic ring is 1. The third-order valence-electron chi connectivity index (χ3n) is 5.39. The Hall–Kier alpha value is -3.67. The number of nitrogens with one attached hydrogen (secondary N) is 3. The predicted octanol–water partition coefficient (Wildman–Crippen LogP) is 3.10. The van der Waals surface area contributed by atoms with Gasteiger partial charge in [-0.2, -0.15) is 5.10 Å². The van der Waals surface area contributed by atoms with Crippen molar-refractivity contribution in [3.8, 4) is 5.75 Å². The second kappa shape index (κ2) is 10.3. The maximum Gasteiger partial charge on any atom is 0.262 e. The second-order valence-electron chi connectivity index (χ2n) is 8.01. The van der Waals surface area contributed by atoms with Gasteiger partial charge < -0.3 is 20.9 Å². The van der Waals surface area contributed by atoms with Crippen LogP contribution in [0.15, 0.2) is 65.6 Å². The second-order valence-corrected chi connectivity index (χ2v) is 9.70. The summed E-state index contributed by atoms with van der Waals surface area (Å²) >= 11 is 0. The van der Waals surface area contributed by atoms with E-state index in [9.17, 15) is 17.9 Å². The molecule has 11 heteroatoms. The molecule has 0 unspecified atom stereocenters. The molecule has 6 N–H and O–H groups in total. The highest BCUT2D eigenvalue weighted by molar-refractivity contribution is 7.92. The van der Waals surface area contributed by atoms with Crippen molar-refractivity contribution in [2.45, 2.75) is 17.9 Å². The molecule has 1 atom stereocenters. The number of aryl methyl sites for hydroxylation is 1. The Morgan fingerprint density at radius 1 is 1.17 bits per heavy atom. The topological polar surface area (TPSA) is 142 Å². The van der Waals surface area contributed by atoms with E-state index in [1.54, 1.807) is 6.07 Å². The van der Waals surface area contributed by atoms with Gasteiger partial charge in [-0.25, -0.2) is 12.8 Å². The lowest BCUT2D eigenvalue weighted by Crippen LogP contribution is -2.26. The quantitative estimate of drug-likeness (QED) is 0.167. The first-order valence-corrected chi connectivity index (χ1v) is 12.4. The van der Waals surface area contributed by atoms with E-state index in [4.69, 9.17) is 10.5 Å². The maximum atomic E-state index is 14.3. The van der Waals surface area contributed by atoms with Gasteiger partial charge in [0.25, 0.3) is 10.0 Å². The molecule has 0 aliphatic heterocycles. The minimum Gasteiger partial charge on any atom is -0.492 e. The number of aliphatic hydroxyl groups is 1. The van der Waals surface area contributed by atoms with Crippen LogP contribution in [0.1, 0.15) is 17.4 Å². The van der Waals surface area contributed by atoms with Crippen molar-refractivity contribution < 1.29 is 22.7 Å². The summed E-state index contributed by atoms with van der Waals surface area (Å²) in [5, 5.41) is 21.7. The molecular weight excluding hydrogens is 473 g/mol. The van der Waals surface area contributed by atoms with E-state index >= 15 is 0 Å². The van der Waals surface area contributed by atoms with Crippen LogP contribution < -0.4 is 20.5 Å². The molecule has 1 heterocycles. The molecule has 184 valence electrons. The standard InChI is InChI=1S/C24H26FN5O4S/c1-15-20-7-6-18(13-22(20)29-28-15)34-10-9-27-14-24(31)16-5-8-21(25)23(11-16)30-35(32,33)19-4-2-3-17(26)12-19/h2-8,11-13,24,27,30-31H,9-10,14,26H2,1H3,(H,28,29)/t24-/m0/s1. The summed E-state index contributed by atoms with van der Waals surface area (Å²) in [6.45, 7) is 2.92. The van der Waals surface area contributed by atoms with Gasteiger partial charge >= 0.3 is 0 Å². The fraction of sp³-hybridized carbons (Fsp3) is 0.208. The molecule has 0 fully saturated rings. The Labute approximate surface area is 202 Å². The van der Waals surface area contributed by atoms with Crippen LogP contribution in [0.25, 0.3) is 10.9 Å². The van der Waals surface area contributed by atoms with E-state index < -0.39 is 21.9 Å². The molecule has 0 amide bonds. The van der Waals surface area contributed by atoms with Crippen LogP contribution in [-0.4, -0.2) is 43.4 Å². The van der Waals surface area contributed by atoms with Crippen molar-refractivity contribution >= 4 is 32.3 Å². The first kappa shape index (κ1) is 24.5. The molecule has 0 radical (unpaired) electrons. The van der Waals surface area contributed by atoms with Gasteiger partial charge in [-0.15, -0.1) is 0 Å². The van der Waals surface area contributed by atoms with E-state index in [0.29, 0.717) is 24.5 Å².